The number of nitrogens with one attached hydrogen (secondary N) is 1. The van der Waals surface area contributed by atoms with E-state index in [9.17, 15) is 0 Å². The Hall–Kier alpha value is -1.95. The lowest BCUT2D eigenvalue weighted by Crippen LogP contribution is -1.96. The van der Waals surface area contributed by atoms with Crippen molar-refractivity contribution in [2.45, 2.75) is 0 Å². The van der Waals surface area contributed by atoms with Gasteiger partial charge in [-0.3, -0.25) is 0 Å². The van der Waals surface area contributed by atoms with Crippen LogP contribution in [0.5, 0.6) is 17.2 Å². The molecule has 7 heteroatoms. The Labute approximate surface area is 109 Å². The van der Waals surface area contributed by atoms with Gasteiger partial charge in [0, 0.05) is 5.56 Å². The molecule has 0 spiro atoms. The van der Waals surface area contributed by atoms with E-state index in [-0.39, 0.29) is 5.28 Å². The van der Waals surface area contributed by atoms with E-state index in [0.29, 0.717) is 28.6 Å². The molecule has 2 aromatic rings. The van der Waals surface area contributed by atoms with Gasteiger partial charge in [-0.25, -0.2) is 5.10 Å². The van der Waals surface area contributed by atoms with Crippen LogP contribution in [0, 0.1) is 0 Å². The minimum atomic E-state index is 0.221. The standard InChI is InChI=1S/C11H12ClN3O3/c1-16-7-4-6(10-13-11(12)15-14-10)5-8(17-2)9(7)18-3/h4-5H,1-3H3,(H,13,14,15). The van der Waals surface area contributed by atoms with Crippen LogP contribution < -0.4 is 14.2 Å². The first-order valence-corrected chi connectivity index (χ1v) is 5.45. The Morgan fingerprint density at radius 2 is 1.67 bits per heavy atom. The number of halogens is 1. The van der Waals surface area contributed by atoms with Crippen LogP contribution in [-0.2, 0) is 0 Å². The molecule has 0 aliphatic carbocycles. The lowest BCUT2D eigenvalue weighted by atomic mass is 10.1. The molecule has 0 saturated heterocycles. The molecule has 0 saturated carbocycles. The molecular weight excluding hydrogens is 258 g/mol. The summed E-state index contributed by atoms with van der Waals surface area (Å²) in [5.41, 5.74) is 0.715. The highest BCUT2D eigenvalue weighted by Gasteiger charge is 2.16. The van der Waals surface area contributed by atoms with Gasteiger partial charge in [-0.15, -0.1) is 0 Å². The van der Waals surface area contributed by atoms with E-state index in [0.717, 1.165) is 0 Å². The van der Waals surface area contributed by atoms with E-state index in [1.165, 1.54) is 0 Å². The summed E-state index contributed by atoms with van der Waals surface area (Å²) in [6.07, 6.45) is 0. The topological polar surface area (TPSA) is 69.3 Å². The normalized spacial score (nSPS) is 10.2. The van der Waals surface area contributed by atoms with Crippen LogP contribution >= 0.6 is 11.6 Å². The first-order chi connectivity index (χ1) is 8.69. The van der Waals surface area contributed by atoms with Crippen molar-refractivity contribution >= 4 is 11.6 Å². The Morgan fingerprint density at radius 1 is 1.06 bits per heavy atom. The van der Waals surface area contributed by atoms with E-state index in [4.69, 9.17) is 25.8 Å². The molecular formula is C11H12ClN3O3. The molecule has 0 radical (unpaired) electrons. The van der Waals surface area contributed by atoms with Gasteiger partial charge in [0.1, 0.15) is 0 Å². The fourth-order valence-electron chi connectivity index (χ4n) is 1.58. The zero-order valence-corrected chi connectivity index (χ0v) is 10.9. The molecule has 1 aromatic heterocycles. The third kappa shape index (κ3) is 2.19. The number of methoxy groups -OCH3 is 3. The second-order valence-electron chi connectivity index (χ2n) is 3.36. The van der Waals surface area contributed by atoms with Crippen LogP contribution in [0.25, 0.3) is 11.4 Å². The summed E-state index contributed by atoms with van der Waals surface area (Å²) in [5.74, 6) is 2.05. The van der Waals surface area contributed by atoms with Gasteiger partial charge in [0.2, 0.25) is 11.0 Å². The lowest BCUT2D eigenvalue weighted by Gasteiger charge is -2.12. The van der Waals surface area contributed by atoms with Crippen LogP contribution in [0.3, 0.4) is 0 Å². The van der Waals surface area contributed by atoms with Gasteiger partial charge in [-0.2, -0.15) is 10.1 Å². The van der Waals surface area contributed by atoms with Crippen LogP contribution in [0.4, 0.5) is 0 Å². The monoisotopic (exact) mass is 269 g/mol. The molecule has 0 aliphatic rings. The predicted octanol–water partition coefficient (Wildman–Crippen LogP) is 2.15. The third-order valence-corrected chi connectivity index (χ3v) is 2.55. The molecule has 2 rings (SSSR count). The summed E-state index contributed by atoms with van der Waals surface area (Å²) in [6, 6.07) is 3.50. The molecule has 6 nitrogen and oxygen atoms in total. The number of rotatable bonds is 4. The molecule has 96 valence electrons. The van der Waals surface area contributed by atoms with Crippen molar-refractivity contribution < 1.29 is 14.2 Å². The third-order valence-electron chi connectivity index (χ3n) is 2.38. The van der Waals surface area contributed by atoms with Crippen molar-refractivity contribution in [2.75, 3.05) is 21.3 Å². The zero-order chi connectivity index (χ0) is 13.1. The maximum Gasteiger partial charge on any atom is 0.218 e. The van der Waals surface area contributed by atoms with Gasteiger partial charge in [-0.05, 0) is 23.7 Å². The maximum atomic E-state index is 5.70. The Kier molecular flexibility index (Phi) is 3.57. The average Bonchev–Trinajstić information content (AvgIpc) is 2.83. The number of nitrogens with zero attached hydrogens (tertiary/aromatic N) is 2. The summed E-state index contributed by atoms with van der Waals surface area (Å²) in [7, 11) is 4.64. The lowest BCUT2D eigenvalue weighted by molar-refractivity contribution is 0.324. The smallest absolute Gasteiger partial charge is 0.218 e. The first kappa shape index (κ1) is 12.5. The molecule has 0 aliphatic heterocycles. The van der Waals surface area contributed by atoms with Gasteiger partial charge < -0.3 is 14.2 Å². The Bertz CT molecular complexity index is 531. The Balaban J connectivity index is 2.56. The van der Waals surface area contributed by atoms with Crippen molar-refractivity contribution in [3.8, 4) is 28.6 Å². The number of benzene rings is 1. The second kappa shape index (κ2) is 5.14. The van der Waals surface area contributed by atoms with Gasteiger partial charge >= 0.3 is 0 Å². The molecule has 0 unspecified atom stereocenters. The highest BCUT2D eigenvalue weighted by atomic mass is 35.5. The maximum absolute atomic E-state index is 5.70. The molecule has 0 atom stereocenters. The van der Waals surface area contributed by atoms with Crippen LogP contribution in [0.2, 0.25) is 5.28 Å². The number of hydrogen-bond acceptors (Lipinski definition) is 5. The zero-order valence-electron chi connectivity index (χ0n) is 10.2. The van der Waals surface area contributed by atoms with Crippen LogP contribution in [0.15, 0.2) is 12.1 Å². The van der Waals surface area contributed by atoms with Crippen molar-refractivity contribution in [2.24, 2.45) is 0 Å². The number of ether oxygens (including phenoxy) is 3. The van der Waals surface area contributed by atoms with Crippen LogP contribution in [-0.4, -0.2) is 36.5 Å². The molecule has 0 bridgehead atoms. The molecule has 1 heterocycles. The highest BCUT2D eigenvalue weighted by molar-refractivity contribution is 6.28. The molecule has 1 aromatic carbocycles. The fourth-order valence-corrected chi connectivity index (χ4v) is 1.70. The van der Waals surface area contributed by atoms with E-state index in [2.05, 4.69) is 15.2 Å². The van der Waals surface area contributed by atoms with E-state index >= 15 is 0 Å². The van der Waals surface area contributed by atoms with Crippen molar-refractivity contribution in [1.29, 1.82) is 0 Å². The predicted molar refractivity (Wildman–Crippen MR) is 66.5 cm³/mol. The fraction of sp³-hybridized carbons (Fsp3) is 0.273. The molecule has 0 fully saturated rings. The summed E-state index contributed by atoms with van der Waals surface area (Å²) in [5, 5.41) is 6.76. The highest BCUT2D eigenvalue weighted by Crippen LogP contribution is 2.40. The van der Waals surface area contributed by atoms with Gasteiger partial charge in [0.05, 0.1) is 21.3 Å². The minimum Gasteiger partial charge on any atom is -0.493 e. The second-order valence-corrected chi connectivity index (χ2v) is 3.72. The minimum absolute atomic E-state index is 0.221. The van der Waals surface area contributed by atoms with Crippen molar-refractivity contribution in [3.63, 3.8) is 0 Å². The Morgan fingerprint density at radius 3 is 2.06 bits per heavy atom. The summed E-state index contributed by atoms with van der Waals surface area (Å²) >= 11 is 5.70. The summed E-state index contributed by atoms with van der Waals surface area (Å²) < 4.78 is 15.7. The molecule has 0 amide bonds. The quantitative estimate of drug-likeness (QED) is 0.921. The summed E-state index contributed by atoms with van der Waals surface area (Å²) in [6.45, 7) is 0. The SMILES string of the molecule is COc1cc(-c2n[nH]c(Cl)n2)cc(OC)c1OC. The van der Waals surface area contributed by atoms with Gasteiger partial charge in [0.25, 0.3) is 0 Å². The molecule has 18 heavy (non-hydrogen) atoms. The number of aromatic nitrogens is 3. The van der Waals surface area contributed by atoms with Crippen molar-refractivity contribution in [3.05, 3.63) is 17.4 Å². The van der Waals surface area contributed by atoms with Crippen LogP contribution in [0.1, 0.15) is 0 Å². The molecule has 1 N–H and O–H groups in total. The largest absolute Gasteiger partial charge is 0.493 e. The van der Waals surface area contributed by atoms with E-state index in [1.807, 2.05) is 0 Å². The van der Waals surface area contributed by atoms with E-state index < -0.39 is 0 Å². The first-order valence-electron chi connectivity index (χ1n) is 5.08. The van der Waals surface area contributed by atoms with Gasteiger partial charge in [0.15, 0.2) is 17.3 Å². The average molecular weight is 270 g/mol. The number of aromatic amines is 1. The van der Waals surface area contributed by atoms with Gasteiger partial charge in [-0.1, -0.05) is 0 Å². The van der Waals surface area contributed by atoms with Crippen molar-refractivity contribution in [1.82, 2.24) is 15.2 Å². The number of H-pyrrole nitrogens is 1. The van der Waals surface area contributed by atoms with E-state index in [1.54, 1.807) is 33.5 Å². The summed E-state index contributed by atoms with van der Waals surface area (Å²) in [4.78, 5) is 4.03. The number of hydrogen-bond donors (Lipinski definition) is 1.